The number of H-pyrrole nitrogens is 1. The van der Waals surface area contributed by atoms with Crippen LogP contribution in [0.2, 0.25) is 0 Å². The van der Waals surface area contributed by atoms with Crippen LogP contribution in [0.3, 0.4) is 0 Å². The molecule has 0 unspecified atom stereocenters. The highest BCUT2D eigenvalue weighted by atomic mass is 79.9. The summed E-state index contributed by atoms with van der Waals surface area (Å²) in [6.45, 7) is 11.2. The first-order valence-electron chi connectivity index (χ1n) is 13.2. The van der Waals surface area contributed by atoms with E-state index in [1.165, 1.54) is 55.7 Å². The van der Waals surface area contributed by atoms with Gasteiger partial charge in [-0.1, -0.05) is 0 Å². The lowest BCUT2D eigenvalue weighted by Gasteiger charge is -2.38. The van der Waals surface area contributed by atoms with Gasteiger partial charge in [0.1, 0.15) is 22.5 Å². The lowest BCUT2D eigenvalue weighted by Crippen LogP contribution is -2.47. The van der Waals surface area contributed by atoms with E-state index in [0.29, 0.717) is 5.65 Å². The Morgan fingerprint density at radius 1 is 1.05 bits per heavy atom. The number of likely N-dealkylation sites (tertiary alicyclic amines) is 1. The first-order chi connectivity index (χ1) is 17.7. The summed E-state index contributed by atoms with van der Waals surface area (Å²) < 4.78 is 7.09. The first-order valence-corrected chi connectivity index (χ1v) is 14.0. The fourth-order valence-corrected chi connectivity index (χ4v) is 5.77. The number of fused-ring (bicyclic) bond motifs is 1. The molecule has 1 aliphatic carbocycles. The van der Waals surface area contributed by atoms with Crippen LogP contribution in [0.5, 0.6) is 5.75 Å². The molecule has 3 aromatic rings. The number of hydrogen-bond donors (Lipinski definition) is 2. The molecule has 3 aliphatic rings. The second-order valence-electron chi connectivity index (χ2n) is 10.3. The van der Waals surface area contributed by atoms with E-state index in [9.17, 15) is 0 Å². The predicted octanol–water partition coefficient (Wildman–Crippen LogP) is 4.47. The van der Waals surface area contributed by atoms with E-state index < -0.39 is 0 Å². The largest absolute Gasteiger partial charge is 0.493 e. The van der Waals surface area contributed by atoms with E-state index in [2.05, 4.69) is 75.2 Å². The highest BCUT2D eigenvalue weighted by Crippen LogP contribution is 2.36. The summed E-state index contributed by atoms with van der Waals surface area (Å²) in [5.74, 6) is 2.65. The van der Waals surface area contributed by atoms with Gasteiger partial charge < -0.3 is 24.8 Å². The van der Waals surface area contributed by atoms with Gasteiger partial charge in [-0.2, -0.15) is 5.10 Å². The third-order valence-corrected chi connectivity index (χ3v) is 8.26. The number of hydrogen-bond acceptors (Lipinski definition) is 8. The average Bonchev–Trinajstić information content (AvgIpc) is 3.44. The van der Waals surface area contributed by atoms with Crippen molar-refractivity contribution < 1.29 is 4.74 Å². The molecule has 0 spiro atoms. The van der Waals surface area contributed by atoms with Gasteiger partial charge in [0.15, 0.2) is 5.65 Å². The monoisotopic (exact) mass is 590 g/mol. The number of halogens is 2. The van der Waals surface area contributed by atoms with Crippen molar-refractivity contribution in [1.29, 1.82) is 0 Å². The van der Waals surface area contributed by atoms with Gasteiger partial charge in [0.25, 0.3) is 0 Å². The Kier molecular flexibility index (Phi) is 8.26. The quantitative estimate of drug-likeness (QED) is 0.377. The molecule has 4 heterocycles. The standard InChI is InChI=1S/C26H35BrN8O.ClH/c1-18-21(28-6-9-33-7-2-3-8-33)14-20(36-16-19-4-5-19)15-22(18)34-10-12-35(13-11-34)26-23-24(27)31-32-25(23)29-17-30-26;/h14-15,17,19,28H,2-13,16H2,1H3,(H,29,30,31,32);1H. The number of rotatable bonds is 9. The molecule has 6 rings (SSSR count). The normalized spacial score (nSPS) is 18.3. The van der Waals surface area contributed by atoms with Crippen molar-refractivity contribution in [2.75, 3.05) is 74.1 Å². The fourth-order valence-electron chi connectivity index (χ4n) is 5.33. The number of benzene rings is 1. The van der Waals surface area contributed by atoms with Gasteiger partial charge in [-0.3, -0.25) is 5.10 Å². The van der Waals surface area contributed by atoms with Gasteiger partial charge >= 0.3 is 0 Å². The van der Waals surface area contributed by atoms with Crippen molar-refractivity contribution in [3.05, 3.63) is 28.6 Å². The molecular weight excluding hydrogens is 556 g/mol. The molecule has 0 radical (unpaired) electrons. The molecule has 2 aliphatic heterocycles. The van der Waals surface area contributed by atoms with Gasteiger partial charge in [-0.15, -0.1) is 12.4 Å². The molecule has 2 N–H and O–H groups in total. The average molecular weight is 592 g/mol. The van der Waals surface area contributed by atoms with E-state index in [1.54, 1.807) is 6.33 Å². The number of nitrogens with zero attached hydrogens (tertiary/aromatic N) is 6. The van der Waals surface area contributed by atoms with Crippen LogP contribution in [0.1, 0.15) is 31.2 Å². The molecule has 0 atom stereocenters. The Balaban J connectivity index is 0.00000280. The summed E-state index contributed by atoms with van der Waals surface area (Å²) in [5.41, 5.74) is 4.45. The molecule has 2 aromatic heterocycles. The van der Waals surface area contributed by atoms with Gasteiger partial charge in [-0.05, 0) is 73.1 Å². The van der Waals surface area contributed by atoms with Gasteiger partial charge in [0, 0.05) is 62.8 Å². The summed E-state index contributed by atoms with van der Waals surface area (Å²) in [5, 5.41) is 11.9. The molecule has 0 bridgehead atoms. The number of ether oxygens (including phenoxy) is 1. The summed E-state index contributed by atoms with van der Waals surface area (Å²) >= 11 is 3.57. The number of aromatic nitrogens is 4. The van der Waals surface area contributed by atoms with Crippen LogP contribution >= 0.6 is 28.3 Å². The van der Waals surface area contributed by atoms with Crippen LogP contribution in [0.15, 0.2) is 23.1 Å². The summed E-state index contributed by atoms with van der Waals surface area (Å²) in [6.07, 6.45) is 6.85. The molecular formula is C26H36BrClN8O. The highest BCUT2D eigenvalue weighted by molar-refractivity contribution is 9.10. The number of anilines is 3. The maximum Gasteiger partial charge on any atom is 0.187 e. The van der Waals surface area contributed by atoms with E-state index in [-0.39, 0.29) is 12.4 Å². The Morgan fingerprint density at radius 2 is 1.81 bits per heavy atom. The second-order valence-corrected chi connectivity index (χ2v) is 11.0. The Hall–Kier alpha value is -2.30. The minimum absolute atomic E-state index is 0. The molecule has 1 aromatic carbocycles. The number of piperazine rings is 1. The smallest absolute Gasteiger partial charge is 0.187 e. The van der Waals surface area contributed by atoms with Crippen LogP contribution in [-0.4, -0.2) is 84.0 Å². The molecule has 9 nitrogen and oxygen atoms in total. The minimum Gasteiger partial charge on any atom is -0.493 e. The van der Waals surface area contributed by atoms with E-state index in [0.717, 1.165) is 73.4 Å². The zero-order chi connectivity index (χ0) is 24.5. The second kappa shape index (κ2) is 11.6. The zero-order valence-corrected chi connectivity index (χ0v) is 23.8. The molecule has 200 valence electrons. The van der Waals surface area contributed by atoms with Gasteiger partial charge in [0.05, 0.1) is 12.0 Å². The number of nitrogens with one attached hydrogen (secondary N) is 2. The van der Waals surface area contributed by atoms with E-state index >= 15 is 0 Å². The number of aromatic amines is 1. The molecule has 37 heavy (non-hydrogen) atoms. The molecule has 1 saturated carbocycles. The predicted molar refractivity (Wildman–Crippen MR) is 155 cm³/mol. The Morgan fingerprint density at radius 3 is 2.57 bits per heavy atom. The third-order valence-electron chi connectivity index (χ3n) is 7.69. The summed E-state index contributed by atoms with van der Waals surface area (Å²) in [6, 6.07) is 4.45. The fraction of sp³-hybridized carbons (Fsp3) is 0.577. The van der Waals surface area contributed by atoms with Crippen molar-refractivity contribution in [2.45, 2.75) is 32.6 Å². The minimum atomic E-state index is 0. The van der Waals surface area contributed by atoms with Crippen molar-refractivity contribution in [1.82, 2.24) is 25.1 Å². The molecule has 0 amide bonds. The van der Waals surface area contributed by atoms with Gasteiger partial charge in [0.2, 0.25) is 0 Å². The first kappa shape index (κ1) is 26.3. The molecule has 2 saturated heterocycles. The SMILES string of the molecule is Cc1c(NCCN2CCCC2)cc(OCC2CC2)cc1N1CCN(c2ncnc3n[nH]c(Br)c23)CC1.Cl. The topological polar surface area (TPSA) is 85.4 Å². The zero-order valence-electron chi connectivity index (χ0n) is 21.4. The lowest BCUT2D eigenvalue weighted by molar-refractivity contribution is 0.300. The third kappa shape index (κ3) is 5.91. The van der Waals surface area contributed by atoms with Crippen molar-refractivity contribution in [3.8, 4) is 5.75 Å². The van der Waals surface area contributed by atoms with Gasteiger partial charge in [-0.25, -0.2) is 9.97 Å². The van der Waals surface area contributed by atoms with Crippen molar-refractivity contribution >= 4 is 56.6 Å². The van der Waals surface area contributed by atoms with E-state index in [4.69, 9.17) is 4.74 Å². The van der Waals surface area contributed by atoms with Crippen molar-refractivity contribution in [3.63, 3.8) is 0 Å². The van der Waals surface area contributed by atoms with Crippen molar-refractivity contribution in [2.24, 2.45) is 5.92 Å². The molecule has 11 heteroatoms. The van der Waals surface area contributed by atoms with Crippen LogP contribution in [0.25, 0.3) is 11.0 Å². The van der Waals surface area contributed by atoms with E-state index in [1.807, 2.05) is 0 Å². The van der Waals surface area contributed by atoms with Crippen LogP contribution in [0.4, 0.5) is 17.2 Å². The van der Waals surface area contributed by atoms with Crippen LogP contribution < -0.4 is 19.9 Å². The summed E-state index contributed by atoms with van der Waals surface area (Å²) in [4.78, 5) is 16.3. The van der Waals surface area contributed by atoms with Crippen LogP contribution in [-0.2, 0) is 0 Å². The Labute approximate surface area is 232 Å². The maximum absolute atomic E-state index is 6.26. The van der Waals surface area contributed by atoms with Crippen LogP contribution in [0, 0.1) is 12.8 Å². The Bertz CT molecular complexity index is 1200. The highest BCUT2D eigenvalue weighted by Gasteiger charge is 2.25. The summed E-state index contributed by atoms with van der Waals surface area (Å²) in [7, 11) is 0. The lowest BCUT2D eigenvalue weighted by atomic mass is 10.1. The molecule has 3 fully saturated rings. The maximum atomic E-state index is 6.26.